The first-order chi connectivity index (χ1) is 11.0. The van der Waals surface area contributed by atoms with Crippen molar-refractivity contribution < 1.29 is 9.72 Å². The van der Waals surface area contributed by atoms with Gasteiger partial charge in [-0.1, -0.05) is 0 Å². The van der Waals surface area contributed by atoms with E-state index in [1.54, 1.807) is 41.2 Å². The maximum atomic E-state index is 12.3. The summed E-state index contributed by atoms with van der Waals surface area (Å²) in [6, 6.07) is 6.44. The van der Waals surface area contributed by atoms with Crippen LogP contribution in [0.3, 0.4) is 0 Å². The Hall–Kier alpha value is -2.70. The molecule has 23 heavy (non-hydrogen) atoms. The lowest BCUT2D eigenvalue weighted by Crippen LogP contribution is -2.38. The van der Waals surface area contributed by atoms with Crippen molar-refractivity contribution in [2.24, 2.45) is 0 Å². The molecule has 1 heterocycles. The molecule has 1 aromatic carbocycles. The maximum Gasteiger partial charge on any atom is 0.278 e. The molecular formula is C16H20N4O3. The Labute approximate surface area is 134 Å². The minimum Gasteiger partial charge on any atom is -0.364 e. The van der Waals surface area contributed by atoms with Gasteiger partial charge in [0.2, 0.25) is 5.91 Å². The Morgan fingerprint density at radius 2 is 1.96 bits per heavy atom. The van der Waals surface area contributed by atoms with Crippen molar-refractivity contribution in [2.45, 2.75) is 13.8 Å². The summed E-state index contributed by atoms with van der Waals surface area (Å²) in [7, 11) is 1.79. The Morgan fingerprint density at radius 1 is 1.26 bits per heavy atom. The van der Waals surface area contributed by atoms with Gasteiger partial charge in [-0.3, -0.25) is 19.9 Å². The van der Waals surface area contributed by atoms with Crippen molar-refractivity contribution in [3.8, 4) is 0 Å². The fraction of sp³-hybridized carbons (Fsp3) is 0.375. The highest BCUT2D eigenvalue weighted by atomic mass is 16.6. The molecule has 2 aromatic rings. The van der Waals surface area contributed by atoms with Crippen molar-refractivity contribution in [3.05, 3.63) is 40.6 Å². The first kappa shape index (κ1) is 16.7. The molecule has 0 saturated heterocycles. The number of pyridine rings is 1. The molecule has 0 bridgehead atoms. The highest BCUT2D eigenvalue weighted by Crippen LogP contribution is 2.31. The molecule has 0 unspecified atom stereocenters. The largest absolute Gasteiger partial charge is 0.364 e. The van der Waals surface area contributed by atoms with E-state index in [2.05, 4.69) is 4.98 Å². The first-order valence-electron chi connectivity index (χ1n) is 7.50. The topological polar surface area (TPSA) is 79.6 Å². The van der Waals surface area contributed by atoms with Gasteiger partial charge in [0.1, 0.15) is 5.52 Å². The number of hydrogen-bond acceptors (Lipinski definition) is 5. The molecule has 0 saturated carbocycles. The van der Waals surface area contributed by atoms with Crippen molar-refractivity contribution in [1.29, 1.82) is 0 Å². The number of likely N-dealkylation sites (N-methyl/N-ethyl adjacent to an activating group) is 2. The fourth-order valence-corrected chi connectivity index (χ4v) is 2.57. The van der Waals surface area contributed by atoms with Crippen molar-refractivity contribution in [2.75, 3.05) is 31.6 Å². The first-order valence-corrected chi connectivity index (χ1v) is 7.50. The van der Waals surface area contributed by atoms with Crippen LogP contribution in [0.25, 0.3) is 10.9 Å². The highest BCUT2D eigenvalue weighted by molar-refractivity contribution is 5.98. The zero-order chi connectivity index (χ0) is 17.0. The molecule has 2 rings (SSSR count). The van der Waals surface area contributed by atoms with E-state index >= 15 is 0 Å². The second kappa shape index (κ2) is 7.04. The van der Waals surface area contributed by atoms with E-state index in [-0.39, 0.29) is 18.1 Å². The van der Waals surface area contributed by atoms with Crippen LogP contribution < -0.4 is 4.90 Å². The number of carbonyl (C=O) groups is 1. The summed E-state index contributed by atoms with van der Waals surface area (Å²) in [4.78, 5) is 30.8. The number of nitrogens with zero attached hydrogens (tertiary/aromatic N) is 4. The number of anilines is 1. The normalized spacial score (nSPS) is 10.6. The van der Waals surface area contributed by atoms with Gasteiger partial charge in [0.15, 0.2) is 0 Å². The molecule has 0 fully saturated rings. The van der Waals surface area contributed by atoms with Gasteiger partial charge in [-0.2, -0.15) is 0 Å². The van der Waals surface area contributed by atoms with Crippen LogP contribution in [-0.4, -0.2) is 47.4 Å². The summed E-state index contributed by atoms with van der Waals surface area (Å²) in [6.07, 6.45) is 1.59. The van der Waals surface area contributed by atoms with E-state index in [1.165, 1.54) is 6.07 Å². The molecule has 0 aliphatic heterocycles. The Morgan fingerprint density at radius 3 is 2.57 bits per heavy atom. The van der Waals surface area contributed by atoms with Gasteiger partial charge >= 0.3 is 0 Å². The molecule has 0 atom stereocenters. The summed E-state index contributed by atoms with van der Waals surface area (Å²) in [5.41, 5.74) is 1.24. The van der Waals surface area contributed by atoms with Crippen LogP contribution in [-0.2, 0) is 4.79 Å². The molecule has 0 spiro atoms. The highest BCUT2D eigenvalue weighted by Gasteiger charge is 2.19. The number of nitro groups is 1. The number of rotatable bonds is 6. The van der Waals surface area contributed by atoms with Crippen LogP contribution in [0.1, 0.15) is 13.8 Å². The van der Waals surface area contributed by atoms with E-state index in [0.29, 0.717) is 29.7 Å². The minimum absolute atomic E-state index is 0.0138. The van der Waals surface area contributed by atoms with Gasteiger partial charge in [0.05, 0.1) is 22.5 Å². The molecule has 7 nitrogen and oxygen atoms in total. The third-order valence-corrected chi connectivity index (χ3v) is 3.82. The number of nitro benzene ring substituents is 1. The maximum absolute atomic E-state index is 12.3. The molecule has 0 aliphatic rings. The summed E-state index contributed by atoms with van der Waals surface area (Å²) in [5.74, 6) is 0.0138. The quantitative estimate of drug-likeness (QED) is 0.604. The summed E-state index contributed by atoms with van der Waals surface area (Å²) in [6.45, 7) is 5.38. The average Bonchev–Trinajstić information content (AvgIpc) is 2.54. The fourth-order valence-electron chi connectivity index (χ4n) is 2.57. The average molecular weight is 316 g/mol. The van der Waals surface area contributed by atoms with E-state index in [1.807, 2.05) is 13.8 Å². The number of amides is 1. The third kappa shape index (κ3) is 3.39. The molecular weight excluding hydrogens is 296 g/mol. The Bertz CT molecular complexity index is 728. The predicted molar refractivity (Wildman–Crippen MR) is 89.6 cm³/mol. The third-order valence-electron chi connectivity index (χ3n) is 3.82. The van der Waals surface area contributed by atoms with Gasteiger partial charge in [-0.15, -0.1) is 0 Å². The van der Waals surface area contributed by atoms with E-state index in [4.69, 9.17) is 0 Å². The molecule has 1 aromatic heterocycles. The monoisotopic (exact) mass is 316 g/mol. The van der Waals surface area contributed by atoms with Gasteiger partial charge in [0, 0.05) is 32.4 Å². The lowest BCUT2D eigenvalue weighted by Gasteiger charge is -2.25. The van der Waals surface area contributed by atoms with Crippen molar-refractivity contribution >= 4 is 28.2 Å². The molecule has 0 radical (unpaired) electrons. The van der Waals surface area contributed by atoms with Crippen LogP contribution in [0.4, 0.5) is 11.4 Å². The van der Waals surface area contributed by atoms with Gasteiger partial charge in [-0.05, 0) is 32.0 Å². The molecule has 0 aliphatic carbocycles. The Balaban J connectivity index is 2.38. The molecule has 1 amide bonds. The summed E-state index contributed by atoms with van der Waals surface area (Å²) >= 11 is 0. The SMILES string of the molecule is CCN(CC)C(=O)CN(C)c1ccc([N+](=O)[O-])c2cccnc12. The zero-order valence-corrected chi connectivity index (χ0v) is 13.5. The second-order valence-corrected chi connectivity index (χ2v) is 5.18. The predicted octanol–water partition coefficient (Wildman–Crippen LogP) is 2.45. The van der Waals surface area contributed by atoms with E-state index in [0.717, 1.165) is 0 Å². The number of hydrogen-bond donors (Lipinski definition) is 0. The van der Waals surface area contributed by atoms with Crippen LogP contribution in [0, 0.1) is 10.1 Å². The Kier molecular flexibility index (Phi) is 5.10. The number of carbonyl (C=O) groups excluding carboxylic acids is 1. The van der Waals surface area contributed by atoms with Crippen LogP contribution >= 0.6 is 0 Å². The summed E-state index contributed by atoms with van der Waals surface area (Å²) < 4.78 is 0. The number of fused-ring (bicyclic) bond motifs is 1. The summed E-state index contributed by atoms with van der Waals surface area (Å²) in [5, 5.41) is 11.6. The number of aromatic nitrogens is 1. The van der Waals surface area contributed by atoms with Gasteiger partial charge in [-0.25, -0.2) is 0 Å². The standard InChI is InChI=1S/C16H20N4O3/c1-4-19(5-2)15(21)11-18(3)14-9-8-13(20(22)23)12-7-6-10-17-16(12)14/h6-10H,4-5,11H2,1-3H3. The molecule has 122 valence electrons. The molecule has 0 N–H and O–H groups in total. The van der Waals surface area contributed by atoms with Crippen LogP contribution in [0.5, 0.6) is 0 Å². The lowest BCUT2D eigenvalue weighted by atomic mass is 10.1. The second-order valence-electron chi connectivity index (χ2n) is 5.18. The minimum atomic E-state index is -0.422. The van der Waals surface area contributed by atoms with E-state index in [9.17, 15) is 14.9 Å². The molecule has 7 heteroatoms. The van der Waals surface area contributed by atoms with Crippen LogP contribution in [0.15, 0.2) is 30.5 Å². The van der Waals surface area contributed by atoms with Gasteiger partial charge < -0.3 is 9.80 Å². The van der Waals surface area contributed by atoms with Crippen molar-refractivity contribution in [1.82, 2.24) is 9.88 Å². The van der Waals surface area contributed by atoms with E-state index < -0.39 is 4.92 Å². The van der Waals surface area contributed by atoms with Gasteiger partial charge in [0.25, 0.3) is 5.69 Å². The number of benzene rings is 1. The zero-order valence-electron chi connectivity index (χ0n) is 13.5. The lowest BCUT2D eigenvalue weighted by molar-refractivity contribution is -0.383. The number of non-ortho nitro benzene ring substituents is 1. The smallest absolute Gasteiger partial charge is 0.278 e. The van der Waals surface area contributed by atoms with Crippen LogP contribution in [0.2, 0.25) is 0 Å². The van der Waals surface area contributed by atoms with Crippen molar-refractivity contribution in [3.63, 3.8) is 0 Å².